The topological polar surface area (TPSA) is 90.8 Å². The second-order valence-electron chi connectivity index (χ2n) is 7.70. The van der Waals surface area contributed by atoms with Crippen LogP contribution in [0.2, 0.25) is 0 Å². The van der Waals surface area contributed by atoms with Gasteiger partial charge in [0.15, 0.2) is 5.03 Å². The molecule has 2 saturated heterocycles. The van der Waals surface area contributed by atoms with E-state index in [4.69, 9.17) is 0 Å². The van der Waals surface area contributed by atoms with Crippen molar-refractivity contribution in [2.75, 3.05) is 32.8 Å². The molecule has 2 aromatic rings. The van der Waals surface area contributed by atoms with Gasteiger partial charge in [0.2, 0.25) is 5.91 Å². The Morgan fingerprint density at radius 1 is 1.03 bits per heavy atom. The summed E-state index contributed by atoms with van der Waals surface area (Å²) in [6.07, 6.45) is -3.06. The van der Waals surface area contributed by atoms with Gasteiger partial charge in [-0.2, -0.15) is 17.5 Å². The van der Waals surface area contributed by atoms with E-state index in [1.54, 1.807) is 12.1 Å². The van der Waals surface area contributed by atoms with Crippen LogP contribution in [0.1, 0.15) is 17.0 Å². The number of sulfonamides is 1. The van der Waals surface area contributed by atoms with Crippen LogP contribution in [-0.4, -0.2) is 66.4 Å². The van der Waals surface area contributed by atoms with Gasteiger partial charge in [0.1, 0.15) is 0 Å². The molecule has 1 aromatic heterocycles. The highest BCUT2D eigenvalue weighted by Gasteiger charge is 2.39. The number of hydrogen-bond acceptors (Lipinski definition) is 5. The van der Waals surface area contributed by atoms with Crippen LogP contribution in [0.15, 0.2) is 64.8 Å². The number of hydrogen-bond donors (Lipinski definition) is 1. The van der Waals surface area contributed by atoms with Crippen LogP contribution >= 0.6 is 0 Å². The lowest BCUT2D eigenvalue weighted by atomic mass is 9.92. The number of carbonyl (C=O) groups excluding carboxylic acids is 1. The van der Waals surface area contributed by atoms with Gasteiger partial charge in [0.25, 0.3) is 10.0 Å². The van der Waals surface area contributed by atoms with Crippen molar-refractivity contribution in [3.63, 3.8) is 0 Å². The number of amides is 1. The van der Waals surface area contributed by atoms with E-state index in [1.807, 2.05) is 0 Å². The van der Waals surface area contributed by atoms with Crippen LogP contribution in [0, 0.1) is 0 Å². The monoisotopic (exact) mass is 467 g/mol. The van der Waals surface area contributed by atoms with Gasteiger partial charge in [-0.15, -0.1) is 0 Å². The third kappa shape index (κ3) is 4.15. The Morgan fingerprint density at radius 2 is 1.66 bits per heavy atom. The number of benzene rings is 1. The molecule has 170 valence electrons. The van der Waals surface area contributed by atoms with Crippen molar-refractivity contribution in [3.8, 4) is 0 Å². The van der Waals surface area contributed by atoms with Gasteiger partial charge in [-0.1, -0.05) is 18.2 Å². The molecule has 1 amide bonds. The van der Waals surface area contributed by atoms with Gasteiger partial charge in [0, 0.05) is 32.4 Å². The minimum absolute atomic E-state index is 0.0169. The summed E-state index contributed by atoms with van der Waals surface area (Å²) < 4.78 is 64.5. The first-order chi connectivity index (χ1) is 15.1. The van der Waals surface area contributed by atoms with E-state index in [0.29, 0.717) is 18.7 Å². The molecule has 0 saturated carbocycles. The summed E-state index contributed by atoms with van der Waals surface area (Å²) in [7, 11) is -3.66. The fraction of sp³-hybridized carbons (Fsp3) is 0.333. The van der Waals surface area contributed by atoms with Gasteiger partial charge >= 0.3 is 6.18 Å². The molecule has 0 bridgehead atoms. The molecular formula is C21H20F3N3O4S. The molecule has 2 aliphatic rings. The number of rotatable bonds is 5. The van der Waals surface area contributed by atoms with Crippen molar-refractivity contribution in [1.82, 2.24) is 14.2 Å². The predicted molar refractivity (Wildman–Crippen MR) is 108 cm³/mol. The van der Waals surface area contributed by atoms with E-state index in [1.165, 1.54) is 33.6 Å². The van der Waals surface area contributed by atoms with Gasteiger partial charge < -0.3 is 10.0 Å². The third-order valence-corrected chi connectivity index (χ3v) is 7.38. The van der Waals surface area contributed by atoms with Crippen molar-refractivity contribution in [1.29, 1.82) is 0 Å². The summed E-state index contributed by atoms with van der Waals surface area (Å²) in [6, 6.07) is 8.84. The van der Waals surface area contributed by atoms with Crippen LogP contribution in [0.3, 0.4) is 0 Å². The highest BCUT2D eigenvalue weighted by Crippen LogP contribution is 2.33. The third-order valence-electron chi connectivity index (χ3n) is 5.67. The number of halogens is 3. The first kappa shape index (κ1) is 22.4. The Labute approximate surface area is 182 Å². The maximum absolute atomic E-state index is 12.7. The minimum Gasteiger partial charge on any atom is -0.395 e. The normalized spacial score (nSPS) is 18.2. The average molecular weight is 467 g/mol. The Balaban J connectivity index is 1.37. The molecule has 4 rings (SSSR count). The van der Waals surface area contributed by atoms with Crippen LogP contribution in [0.25, 0.3) is 0 Å². The van der Waals surface area contributed by atoms with Crippen LogP contribution in [0.4, 0.5) is 13.2 Å². The number of aromatic nitrogens is 1. The number of pyridine rings is 1. The van der Waals surface area contributed by atoms with Crippen LogP contribution in [-0.2, 0) is 21.0 Å². The predicted octanol–water partition coefficient (Wildman–Crippen LogP) is 2.02. The number of aliphatic hydroxyl groups is 1. The Bertz CT molecular complexity index is 1130. The Morgan fingerprint density at radius 3 is 2.19 bits per heavy atom. The molecule has 2 aliphatic heterocycles. The summed E-state index contributed by atoms with van der Waals surface area (Å²) in [6.45, 7) is 0.561. The first-order valence-corrected chi connectivity index (χ1v) is 11.2. The van der Waals surface area contributed by atoms with Crippen molar-refractivity contribution in [2.45, 2.75) is 17.1 Å². The molecule has 0 spiro atoms. The maximum Gasteiger partial charge on any atom is 0.416 e. The summed E-state index contributed by atoms with van der Waals surface area (Å²) in [5.41, 5.74) is 1.37. The van der Waals surface area contributed by atoms with Crippen molar-refractivity contribution in [3.05, 3.63) is 70.9 Å². The van der Waals surface area contributed by atoms with E-state index in [-0.39, 0.29) is 24.0 Å². The van der Waals surface area contributed by atoms with E-state index in [9.17, 15) is 31.5 Å². The molecule has 0 aliphatic carbocycles. The summed E-state index contributed by atoms with van der Waals surface area (Å²) in [5, 5.41) is 9.63. The van der Waals surface area contributed by atoms with E-state index < -0.39 is 34.3 Å². The fourth-order valence-corrected chi connectivity index (χ4v) is 5.01. The second-order valence-corrected chi connectivity index (χ2v) is 9.58. The van der Waals surface area contributed by atoms with Gasteiger partial charge in [-0.25, -0.2) is 13.4 Å². The summed E-state index contributed by atoms with van der Waals surface area (Å²) >= 11 is 0. The van der Waals surface area contributed by atoms with Gasteiger partial charge in [0.05, 0.1) is 18.1 Å². The molecule has 32 heavy (non-hydrogen) atoms. The highest BCUT2D eigenvalue weighted by molar-refractivity contribution is 7.89. The molecule has 1 atom stereocenters. The van der Waals surface area contributed by atoms with Crippen molar-refractivity contribution < 1.29 is 31.5 Å². The van der Waals surface area contributed by atoms with E-state index in [0.717, 1.165) is 23.3 Å². The van der Waals surface area contributed by atoms with Gasteiger partial charge in [-0.3, -0.25) is 4.79 Å². The molecular weight excluding hydrogens is 447 g/mol. The number of likely N-dealkylation sites (tertiary alicyclic amines) is 1. The zero-order valence-electron chi connectivity index (χ0n) is 16.8. The molecule has 7 nitrogen and oxygen atoms in total. The molecule has 3 heterocycles. The first-order valence-electron chi connectivity index (χ1n) is 9.79. The quantitative estimate of drug-likeness (QED) is 0.680. The molecule has 1 N–H and O–H groups in total. The standard InChI is InChI=1S/C21H20F3N3O4S/c22-21(23,24)17-6-4-14(5-7-17)18(13-28)20(29)26-9-15(10-26)16-11-27(12-16)32(30,31)19-3-1-2-8-25-19/h1-8,18,28H,9-13H2. The zero-order chi connectivity index (χ0) is 23.1. The van der Waals surface area contributed by atoms with Crippen molar-refractivity contribution in [2.24, 2.45) is 0 Å². The number of alkyl halides is 3. The molecule has 11 heteroatoms. The van der Waals surface area contributed by atoms with E-state index in [2.05, 4.69) is 4.98 Å². The summed E-state index contributed by atoms with van der Waals surface area (Å²) in [4.78, 5) is 18.1. The maximum atomic E-state index is 12.7. The lowest BCUT2D eigenvalue weighted by Crippen LogP contribution is -2.52. The average Bonchev–Trinajstić information content (AvgIpc) is 2.69. The molecule has 1 unspecified atom stereocenters. The Hall–Kier alpha value is -2.76. The number of carbonyl (C=O) groups is 1. The SMILES string of the molecule is O=C(C(CO)c1ccc(C(F)(F)F)cc1)N1CC(=C2CN(S(=O)(=O)c3ccccn3)C2)C1. The fourth-order valence-electron chi connectivity index (χ4n) is 3.65. The zero-order valence-corrected chi connectivity index (χ0v) is 17.6. The summed E-state index contributed by atoms with van der Waals surface area (Å²) in [5.74, 6) is -1.33. The van der Waals surface area contributed by atoms with Gasteiger partial charge in [-0.05, 0) is 41.0 Å². The lowest BCUT2D eigenvalue weighted by Gasteiger charge is -2.42. The number of nitrogens with zero attached hydrogens (tertiary/aromatic N) is 3. The molecule has 0 radical (unpaired) electrons. The van der Waals surface area contributed by atoms with E-state index >= 15 is 0 Å². The molecule has 2 fully saturated rings. The lowest BCUT2D eigenvalue weighted by molar-refractivity contribution is -0.137. The Kier molecular flexibility index (Phi) is 5.82. The largest absolute Gasteiger partial charge is 0.416 e. The van der Waals surface area contributed by atoms with Crippen LogP contribution < -0.4 is 0 Å². The minimum atomic E-state index is -4.48. The number of aliphatic hydroxyl groups excluding tert-OH is 1. The smallest absolute Gasteiger partial charge is 0.395 e. The highest BCUT2D eigenvalue weighted by atomic mass is 32.2. The van der Waals surface area contributed by atoms with Crippen molar-refractivity contribution >= 4 is 15.9 Å². The molecule has 1 aromatic carbocycles. The second kappa shape index (κ2) is 8.30. The van der Waals surface area contributed by atoms with Crippen LogP contribution in [0.5, 0.6) is 0 Å².